The first-order chi connectivity index (χ1) is 13.6. The fourth-order valence-corrected chi connectivity index (χ4v) is 3.26. The Kier molecular flexibility index (Phi) is 5.12. The van der Waals surface area contributed by atoms with E-state index in [0.717, 1.165) is 29.2 Å². The molecule has 0 radical (unpaired) electrons. The number of fused-ring (bicyclic) bond motifs is 1. The number of aryl methyl sites for hydroxylation is 1. The summed E-state index contributed by atoms with van der Waals surface area (Å²) in [6.07, 6.45) is 1.65. The second-order valence-corrected chi connectivity index (χ2v) is 6.93. The molecule has 1 aromatic heterocycles. The van der Waals surface area contributed by atoms with Gasteiger partial charge in [-0.2, -0.15) is 0 Å². The van der Waals surface area contributed by atoms with Gasteiger partial charge in [-0.15, -0.1) is 0 Å². The van der Waals surface area contributed by atoms with Crippen molar-refractivity contribution in [2.45, 2.75) is 13.5 Å². The zero-order valence-electron chi connectivity index (χ0n) is 15.7. The Morgan fingerprint density at radius 2 is 1.86 bits per heavy atom. The SMILES string of the molecule is Cc1ccc(NC(=O)C(=O)N2CCN(Cc3ccc4c(c3)OCO4)CC2)nc1. The lowest BCUT2D eigenvalue weighted by molar-refractivity contribution is -0.144. The van der Waals surface area contributed by atoms with Crippen LogP contribution >= 0.6 is 0 Å². The Hall–Kier alpha value is -3.13. The molecule has 146 valence electrons. The number of ether oxygens (including phenoxy) is 2. The summed E-state index contributed by atoms with van der Waals surface area (Å²) in [7, 11) is 0. The highest BCUT2D eigenvalue weighted by Gasteiger charge is 2.26. The zero-order valence-corrected chi connectivity index (χ0v) is 15.7. The van der Waals surface area contributed by atoms with Crippen molar-refractivity contribution in [2.75, 3.05) is 38.3 Å². The van der Waals surface area contributed by atoms with Gasteiger partial charge in [0.1, 0.15) is 5.82 Å². The Labute approximate surface area is 163 Å². The number of hydrogen-bond donors (Lipinski definition) is 1. The van der Waals surface area contributed by atoms with Gasteiger partial charge in [-0.25, -0.2) is 4.98 Å². The molecule has 1 saturated heterocycles. The molecule has 2 aromatic rings. The number of carbonyl (C=O) groups excluding carboxylic acids is 2. The molecule has 1 fully saturated rings. The normalized spacial score (nSPS) is 16.1. The summed E-state index contributed by atoms with van der Waals surface area (Å²) in [6, 6.07) is 9.45. The lowest BCUT2D eigenvalue weighted by atomic mass is 10.1. The van der Waals surface area contributed by atoms with Gasteiger partial charge in [-0.3, -0.25) is 14.5 Å². The Balaban J connectivity index is 1.28. The largest absolute Gasteiger partial charge is 0.454 e. The molecule has 0 aliphatic carbocycles. The maximum absolute atomic E-state index is 12.4. The summed E-state index contributed by atoms with van der Waals surface area (Å²) in [5.74, 6) is 0.747. The van der Waals surface area contributed by atoms with E-state index < -0.39 is 11.8 Å². The first-order valence-electron chi connectivity index (χ1n) is 9.22. The minimum Gasteiger partial charge on any atom is -0.454 e. The van der Waals surface area contributed by atoms with E-state index in [-0.39, 0.29) is 6.79 Å². The van der Waals surface area contributed by atoms with Crippen molar-refractivity contribution in [3.05, 3.63) is 47.7 Å². The highest BCUT2D eigenvalue weighted by molar-refractivity contribution is 6.39. The topological polar surface area (TPSA) is 84.0 Å². The van der Waals surface area contributed by atoms with Crippen LogP contribution in [0.5, 0.6) is 11.5 Å². The zero-order chi connectivity index (χ0) is 19.5. The van der Waals surface area contributed by atoms with Crippen LogP contribution in [0.3, 0.4) is 0 Å². The highest BCUT2D eigenvalue weighted by Crippen LogP contribution is 2.32. The van der Waals surface area contributed by atoms with Crippen molar-refractivity contribution in [3.8, 4) is 11.5 Å². The van der Waals surface area contributed by atoms with Crippen LogP contribution in [0.4, 0.5) is 5.82 Å². The van der Waals surface area contributed by atoms with Crippen molar-refractivity contribution < 1.29 is 19.1 Å². The second kappa shape index (κ2) is 7.85. The first kappa shape index (κ1) is 18.2. The van der Waals surface area contributed by atoms with E-state index in [2.05, 4.69) is 15.2 Å². The predicted molar refractivity (Wildman–Crippen MR) is 102 cm³/mol. The Morgan fingerprint density at radius 1 is 1.07 bits per heavy atom. The maximum atomic E-state index is 12.4. The monoisotopic (exact) mass is 382 g/mol. The third-order valence-corrected chi connectivity index (χ3v) is 4.85. The number of nitrogens with one attached hydrogen (secondary N) is 1. The molecular formula is C20H22N4O4. The fraction of sp³-hybridized carbons (Fsp3) is 0.350. The lowest BCUT2D eigenvalue weighted by Crippen LogP contribution is -2.51. The maximum Gasteiger partial charge on any atom is 0.315 e. The number of benzene rings is 1. The molecule has 2 aliphatic heterocycles. The second-order valence-electron chi connectivity index (χ2n) is 6.93. The van der Waals surface area contributed by atoms with E-state index in [4.69, 9.17) is 9.47 Å². The van der Waals surface area contributed by atoms with Crippen LogP contribution in [-0.2, 0) is 16.1 Å². The van der Waals surface area contributed by atoms with E-state index in [1.165, 1.54) is 0 Å². The number of nitrogens with zero attached hydrogens (tertiary/aromatic N) is 3. The summed E-state index contributed by atoms with van der Waals surface area (Å²) in [4.78, 5) is 32.5. The average molecular weight is 382 g/mol. The molecule has 0 unspecified atom stereocenters. The quantitative estimate of drug-likeness (QED) is 0.808. The van der Waals surface area contributed by atoms with Crippen LogP contribution in [0.1, 0.15) is 11.1 Å². The van der Waals surface area contributed by atoms with Gasteiger partial charge in [0.05, 0.1) is 0 Å². The van der Waals surface area contributed by atoms with Crippen molar-refractivity contribution in [3.63, 3.8) is 0 Å². The molecule has 0 atom stereocenters. The third-order valence-electron chi connectivity index (χ3n) is 4.85. The van der Waals surface area contributed by atoms with Gasteiger partial charge in [0, 0.05) is 38.9 Å². The number of piperazine rings is 1. The molecule has 1 N–H and O–H groups in total. The van der Waals surface area contributed by atoms with Gasteiger partial charge >= 0.3 is 11.8 Å². The van der Waals surface area contributed by atoms with Gasteiger partial charge in [-0.1, -0.05) is 12.1 Å². The lowest BCUT2D eigenvalue weighted by Gasteiger charge is -2.34. The average Bonchev–Trinajstić information content (AvgIpc) is 3.17. The van der Waals surface area contributed by atoms with Gasteiger partial charge in [0.25, 0.3) is 0 Å². The van der Waals surface area contributed by atoms with Crippen molar-refractivity contribution >= 4 is 17.6 Å². The van der Waals surface area contributed by atoms with E-state index in [1.807, 2.05) is 31.2 Å². The molecule has 8 heteroatoms. The van der Waals surface area contributed by atoms with Gasteiger partial charge in [0.15, 0.2) is 11.5 Å². The summed E-state index contributed by atoms with van der Waals surface area (Å²) < 4.78 is 10.7. The van der Waals surface area contributed by atoms with E-state index >= 15 is 0 Å². The standard InChI is InChI=1S/C20H22N4O4/c1-14-2-5-18(21-11-14)22-19(25)20(26)24-8-6-23(7-9-24)12-15-3-4-16-17(10-15)28-13-27-16/h2-5,10-11H,6-9,12-13H2,1H3,(H,21,22,25). The smallest absolute Gasteiger partial charge is 0.315 e. The van der Waals surface area contributed by atoms with E-state index in [1.54, 1.807) is 17.2 Å². The van der Waals surface area contributed by atoms with Crippen LogP contribution in [0.25, 0.3) is 0 Å². The highest BCUT2D eigenvalue weighted by atomic mass is 16.7. The molecule has 0 saturated carbocycles. The number of carbonyl (C=O) groups is 2. The number of amides is 2. The number of aromatic nitrogens is 1. The fourth-order valence-electron chi connectivity index (χ4n) is 3.26. The number of anilines is 1. The molecule has 4 rings (SSSR count). The van der Waals surface area contributed by atoms with Crippen LogP contribution < -0.4 is 14.8 Å². The molecular weight excluding hydrogens is 360 g/mol. The Morgan fingerprint density at radius 3 is 2.61 bits per heavy atom. The van der Waals surface area contributed by atoms with Crippen LogP contribution in [-0.4, -0.2) is 59.6 Å². The van der Waals surface area contributed by atoms with E-state index in [0.29, 0.717) is 32.0 Å². The molecule has 3 heterocycles. The Bertz CT molecular complexity index is 876. The van der Waals surface area contributed by atoms with Gasteiger partial charge in [0.2, 0.25) is 6.79 Å². The summed E-state index contributed by atoms with van der Waals surface area (Å²) in [6.45, 7) is 5.37. The molecule has 2 amide bonds. The van der Waals surface area contributed by atoms with Gasteiger partial charge in [-0.05, 0) is 36.2 Å². The molecule has 28 heavy (non-hydrogen) atoms. The third kappa shape index (κ3) is 4.07. The number of hydrogen-bond acceptors (Lipinski definition) is 6. The summed E-state index contributed by atoms with van der Waals surface area (Å²) in [5, 5.41) is 2.56. The molecule has 1 aromatic carbocycles. The molecule has 0 bridgehead atoms. The van der Waals surface area contributed by atoms with Gasteiger partial charge < -0.3 is 19.7 Å². The van der Waals surface area contributed by atoms with E-state index in [9.17, 15) is 9.59 Å². The summed E-state index contributed by atoms with van der Waals surface area (Å²) in [5.41, 5.74) is 2.12. The minimum atomic E-state index is -0.652. The molecule has 2 aliphatic rings. The number of rotatable bonds is 3. The number of pyridine rings is 1. The van der Waals surface area contributed by atoms with Crippen molar-refractivity contribution in [1.82, 2.24) is 14.8 Å². The van der Waals surface area contributed by atoms with Crippen LogP contribution in [0, 0.1) is 6.92 Å². The molecule has 8 nitrogen and oxygen atoms in total. The first-order valence-corrected chi connectivity index (χ1v) is 9.22. The minimum absolute atomic E-state index is 0.264. The molecule has 0 spiro atoms. The van der Waals surface area contributed by atoms with Crippen LogP contribution in [0.15, 0.2) is 36.5 Å². The van der Waals surface area contributed by atoms with Crippen LogP contribution in [0.2, 0.25) is 0 Å². The predicted octanol–water partition coefficient (Wildman–Crippen LogP) is 1.40. The van der Waals surface area contributed by atoms with Crippen molar-refractivity contribution in [1.29, 1.82) is 0 Å². The summed E-state index contributed by atoms with van der Waals surface area (Å²) >= 11 is 0. The van der Waals surface area contributed by atoms with Crippen molar-refractivity contribution in [2.24, 2.45) is 0 Å².